The number of rotatable bonds is 5. The van der Waals surface area contributed by atoms with E-state index in [9.17, 15) is 9.90 Å². The van der Waals surface area contributed by atoms with Crippen LogP contribution in [0, 0.1) is 0 Å². The number of ether oxygens (including phenoxy) is 1. The first-order valence-electron chi connectivity index (χ1n) is 6.83. The van der Waals surface area contributed by atoms with Gasteiger partial charge in [0.1, 0.15) is 5.75 Å². The van der Waals surface area contributed by atoms with Gasteiger partial charge in [-0.25, -0.2) is 5.43 Å². The minimum atomic E-state index is -1.25. The third-order valence-electron chi connectivity index (χ3n) is 3.18. The fraction of sp³-hybridized carbons (Fsp3) is 0.176. The quantitative estimate of drug-likeness (QED) is 0.657. The molecule has 0 saturated carbocycles. The van der Waals surface area contributed by atoms with E-state index in [1.54, 1.807) is 38.3 Å². The summed E-state index contributed by atoms with van der Waals surface area (Å²) < 4.78 is 5.14. The van der Waals surface area contributed by atoms with E-state index in [0.29, 0.717) is 17.0 Å². The summed E-state index contributed by atoms with van der Waals surface area (Å²) in [6, 6.07) is 16.1. The molecule has 0 spiro atoms. The Morgan fingerprint density at radius 3 is 2.59 bits per heavy atom. The van der Waals surface area contributed by atoms with Crippen molar-refractivity contribution in [2.45, 2.75) is 13.0 Å². The Morgan fingerprint density at radius 1 is 1.18 bits per heavy atom. The second-order valence-electron chi connectivity index (χ2n) is 4.72. The summed E-state index contributed by atoms with van der Waals surface area (Å²) in [7, 11) is 1.59. The number of carbonyl (C=O) groups is 1. The molecule has 2 rings (SSSR count). The molecule has 2 aromatic rings. The van der Waals surface area contributed by atoms with E-state index >= 15 is 0 Å². The average molecular weight is 298 g/mol. The van der Waals surface area contributed by atoms with E-state index in [-0.39, 0.29) is 0 Å². The monoisotopic (exact) mass is 298 g/mol. The number of aliphatic hydroxyl groups excluding tert-OH is 1. The fourth-order valence-electron chi connectivity index (χ4n) is 1.90. The molecular weight excluding hydrogens is 280 g/mol. The number of amides is 1. The molecule has 1 atom stereocenters. The van der Waals surface area contributed by atoms with Gasteiger partial charge in [-0.15, -0.1) is 0 Å². The molecule has 0 bridgehead atoms. The van der Waals surface area contributed by atoms with Gasteiger partial charge in [-0.2, -0.15) is 5.10 Å². The van der Waals surface area contributed by atoms with Gasteiger partial charge < -0.3 is 9.84 Å². The van der Waals surface area contributed by atoms with Gasteiger partial charge in [0.15, 0.2) is 6.10 Å². The molecule has 5 nitrogen and oxygen atoms in total. The fourth-order valence-corrected chi connectivity index (χ4v) is 1.90. The number of hydrogen-bond acceptors (Lipinski definition) is 4. The van der Waals surface area contributed by atoms with E-state index < -0.39 is 12.0 Å². The lowest BCUT2D eigenvalue weighted by Gasteiger charge is -2.09. The summed E-state index contributed by atoms with van der Waals surface area (Å²) in [6.45, 7) is 1.77. The van der Waals surface area contributed by atoms with Crippen molar-refractivity contribution in [3.8, 4) is 5.75 Å². The number of methoxy groups -OCH3 is 1. The van der Waals surface area contributed by atoms with E-state index in [2.05, 4.69) is 10.5 Å². The number of nitrogens with zero attached hydrogens (tertiary/aromatic N) is 1. The molecule has 5 heteroatoms. The van der Waals surface area contributed by atoms with Crippen LogP contribution in [-0.4, -0.2) is 23.8 Å². The molecule has 0 aliphatic rings. The highest BCUT2D eigenvalue weighted by Crippen LogP contribution is 2.14. The minimum absolute atomic E-state index is 0.522. The van der Waals surface area contributed by atoms with E-state index in [4.69, 9.17) is 4.74 Å². The van der Waals surface area contributed by atoms with E-state index in [1.165, 1.54) is 0 Å². The van der Waals surface area contributed by atoms with Crippen LogP contribution in [0.3, 0.4) is 0 Å². The lowest BCUT2D eigenvalue weighted by molar-refractivity contribution is -0.129. The Labute approximate surface area is 129 Å². The van der Waals surface area contributed by atoms with Gasteiger partial charge in [0, 0.05) is 5.56 Å². The second-order valence-corrected chi connectivity index (χ2v) is 4.72. The van der Waals surface area contributed by atoms with Crippen LogP contribution >= 0.6 is 0 Å². The van der Waals surface area contributed by atoms with Gasteiger partial charge in [-0.1, -0.05) is 42.5 Å². The van der Waals surface area contributed by atoms with Crippen molar-refractivity contribution in [2.24, 2.45) is 5.10 Å². The van der Waals surface area contributed by atoms with Gasteiger partial charge >= 0.3 is 0 Å². The normalized spacial score (nSPS) is 12.6. The summed E-state index contributed by atoms with van der Waals surface area (Å²) in [5, 5.41) is 14.0. The topological polar surface area (TPSA) is 70.9 Å². The molecule has 2 N–H and O–H groups in total. The first kappa shape index (κ1) is 15.7. The highest BCUT2D eigenvalue weighted by Gasteiger charge is 2.16. The Hall–Kier alpha value is -2.66. The van der Waals surface area contributed by atoms with Crippen molar-refractivity contribution in [3.63, 3.8) is 0 Å². The summed E-state index contributed by atoms with van der Waals surface area (Å²) in [6.07, 6.45) is -1.25. The van der Waals surface area contributed by atoms with Crippen molar-refractivity contribution >= 4 is 11.6 Å². The lowest BCUT2D eigenvalue weighted by atomic mass is 10.1. The smallest absolute Gasteiger partial charge is 0.273 e. The maximum atomic E-state index is 11.9. The molecular formula is C17H18N2O3. The Kier molecular flexibility index (Phi) is 5.27. The molecule has 2 aromatic carbocycles. The average Bonchev–Trinajstić information content (AvgIpc) is 2.59. The van der Waals surface area contributed by atoms with Crippen molar-refractivity contribution in [1.82, 2.24) is 5.43 Å². The van der Waals surface area contributed by atoms with Gasteiger partial charge in [-0.05, 0) is 24.6 Å². The van der Waals surface area contributed by atoms with Gasteiger partial charge in [0.25, 0.3) is 5.91 Å². The van der Waals surface area contributed by atoms with Gasteiger partial charge in [0.05, 0.1) is 12.8 Å². The van der Waals surface area contributed by atoms with Crippen LogP contribution in [0.2, 0.25) is 0 Å². The van der Waals surface area contributed by atoms with E-state index in [0.717, 1.165) is 5.56 Å². The molecule has 0 aliphatic carbocycles. The molecule has 0 saturated heterocycles. The van der Waals surface area contributed by atoms with Crippen molar-refractivity contribution in [2.75, 3.05) is 7.11 Å². The van der Waals surface area contributed by atoms with Crippen LogP contribution in [-0.2, 0) is 4.79 Å². The van der Waals surface area contributed by atoms with Crippen molar-refractivity contribution < 1.29 is 14.6 Å². The van der Waals surface area contributed by atoms with Crippen LogP contribution in [0.4, 0.5) is 0 Å². The third kappa shape index (κ3) is 3.93. The van der Waals surface area contributed by atoms with E-state index in [1.807, 2.05) is 30.3 Å². The summed E-state index contributed by atoms with van der Waals surface area (Å²) in [5.74, 6) is 0.135. The number of hydrazone groups is 1. The molecule has 0 heterocycles. The van der Waals surface area contributed by atoms with Crippen LogP contribution < -0.4 is 10.2 Å². The maximum absolute atomic E-state index is 11.9. The van der Waals surface area contributed by atoms with Crippen LogP contribution in [0.5, 0.6) is 5.75 Å². The molecule has 22 heavy (non-hydrogen) atoms. The predicted octanol–water partition coefficient (Wildman–Crippen LogP) is 2.27. The molecule has 1 amide bonds. The summed E-state index contributed by atoms with van der Waals surface area (Å²) in [4.78, 5) is 11.9. The van der Waals surface area contributed by atoms with Crippen LogP contribution in [0.1, 0.15) is 24.2 Å². The van der Waals surface area contributed by atoms with Crippen LogP contribution in [0.25, 0.3) is 0 Å². The first-order chi connectivity index (χ1) is 10.6. The number of carbonyl (C=O) groups excluding carboxylic acids is 1. The zero-order valence-corrected chi connectivity index (χ0v) is 12.5. The Bertz CT molecular complexity index is 669. The SMILES string of the molecule is COc1cccc(/C(C)=N/NC(=O)C(O)c2ccccc2)c1. The molecule has 0 fully saturated rings. The number of hydrogen-bond donors (Lipinski definition) is 2. The van der Waals surface area contributed by atoms with Gasteiger partial charge in [0.2, 0.25) is 0 Å². The Balaban J connectivity index is 2.05. The molecule has 114 valence electrons. The molecule has 0 radical (unpaired) electrons. The third-order valence-corrected chi connectivity index (χ3v) is 3.18. The zero-order valence-electron chi connectivity index (χ0n) is 12.5. The highest BCUT2D eigenvalue weighted by atomic mass is 16.5. The standard InChI is InChI=1S/C17H18N2O3/c1-12(14-9-6-10-15(11-14)22-2)18-19-17(21)16(20)13-7-4-3-5-8-13/h3-11,16,20H,1-2H3,(H,19,21)/b18-12+. The minimum Gasteiger partial charge on any atom is -0.497 e. The lowest BCUT2D eigenvalue weighted by Crippen LogP contribution is -2.26. The van der Waals surface area contributed by atoms with Gasteiger partial charge in [-0.3, -0.25) is 4.79 Å². The van der Waals surface area contributed by atoms with Crippen molar-refractivity contribution in [1.29, 1.82) is 0 Å². The summed E-state index contributed by atoms with van der Waals surface area (Å²) in [5.41, 5.74) is 4.34. The number of aliphatic hydroxyl groups is 1. The van der Waals surface area contributed by atoms with Crippen LogP contribution in [0.15, 0.2) is 59.7 Å². The molecule has 1 unspecified atom stereocenters. The predicted molar refractivity (Wildman–Crippen MR) is 84.7 cm³/mol. The largest absolute Gasteiger partial charge is 0.497 e. The second kappa shape index (κ2) is 7.38. The zero-order chi connectivity index (χ0) is 15.9. The first-order valence-corrected chi connectivity index (χ1v) is 6.83. The molecule has 0 aromatic heterocycles. The Morgan fingerprint density at radius 2 is 1.91 bits per heavy atom. The van der Waals surface area contributed by atoms with Crippen molar-refractivity contribution in [3.05, 3.63) is 65.7 Å². The maximum Gasteiger partial charge on any atom is 0.273 e. The number of nitrogens with one attached hydrogen (secondary N) is 1. The molecule has 0 aliphatic heterocycles. The summed E-state index contributed by atoms with van der Waals surface area (Å²) >= 11 is 0. The number of benzene rings is 2. The highest BCUT2D eigenvalue weighted by molar-refractivity contribution is 5.99.